The van der Waals surface area contributed by atoms with Crippen LogP contribution in [0.3, 0.4) is 0 Å². The van der Waals surface area contributed by atoms with Crippen molar-refractivity contribution in [2.75, 3.05) is 19.0 Å². The number of rotatable bonds is 5. The van der Waals surface area contributed by atoms with Gasteiger partial charge in [-0.05, 0) is 25.7 Å². The Morgan fingerprint density at radius 2 is 2.19 bits per heavy atom. The maximum absolute atomic E-state index is 12.1. The average molecular weight is 313 g/mol. The van der Waals surface area contributed by atoms with E-state index in [0.717, 1.165) is 12.8 Å². The van der Waals surface area contributed by atoms with E-state index in [1.165, 1.54) is 17.5 Å². The molecule has 2 unspecified atom stereocenters. The summed E-state index contributed by atoms with van der Waals surface area (Å²) in [5.41, 5.74) is 0.372. The van der Waals surface area contributed by atoms with Crippen molar-refractivity contribution in [2.24, 2.45) is 0 Å². The number of nitrogens with zero attached hydrogens (tertiary/aromatic N) is 2. The van der Waals surface area contributed by atoms with Crippen LogP contribution in [0.5, 0.6) is 0 Å². The first-order valence-corrected chi connectivity index (χ1v) is 7.82. The normalized spacial score (nSPS) is 27.8. The van der Waals surface area contributed by atoms with E-state index >= 15 is 0 Å². The summed E-state index contributed by atoms with van der Waals surface area (Å²) < 4.78 is 6.29. The van der Waals surface area contributed by atoms with Crippen LogP contribution in [0.25, 0.3) is 0 Å². The minimum absolute atomic E-state index is 0.215. The van der Waals surface area contributed by atoms with Crippen molar-refractivity contribution in [2.45, 2.75) is 50.4 Å². The van der Waals surface area contributed by atoms with Crippen molar-refractivity contribution in [3.8, 4) is 0 Å². The molecular weight excluding hydrogens is 292 g/mol. The monoisotopic (exact) mass is 312 g/mol. The van der Waals surface area contributed by atoms with Gasteiger partial charge >= 0.3 is 0 Å². The van der Waals surface area contributed by atoms with Gasteiger partial charge in [0.25, 0.3) is 5.56 Å². The summed E-state index contributed by atoms with van der Waals surface area (Å²) >= 11 is 6.19. The van der Waals surface area contributed by atoms with E-state index in [2.05, 4.69) is 15.7 Å². The molecule has 2 fully saturated rings. The summed E-state index contributed by atoms with van der Waals surface area (Å²) in [5, 5.41) is 11.4. The molecule has 0 amide bonds. The second-order valence-corrected chi connectivity index (χ2v) is 6.22. The molecule has 0 aromatic carbocycles. The third-order valence-corrected chi connectivity index (χ3v) is 4.69. The third-order valence-electron chi connectivity index (χ3n) is 4.32. The molecule has 2 bridgehead atoms. The number of fused-ring (bicyclic) bond motifs is 2. The van der Waals surface area contributed by atoms with Crippen molar-refractivity contribution in [3.63, 3.8) is 0 Å². The van der Waals surface area contributed by atoms with Gasteiger partial charge in [-0.1, -0.05) is 11.6 Å². The van der Waals surface area contributed by atoms with E-state index in [0.29, 0.717) is 37.0 Å². The first-order valence-electron chi connectivity index (χ1n) is 7.44. The first-order chi connectivity index (χ1) is 10.2. The first kappa shape index (κ1) is 14.8. The molecule has 3 heterocycles. The predicted octanol–water partition coefficient (Wildman–Crippen LogP) is 1.24. The zero-order valence-corrected chi connectivity index (χ0v) is 12.9. The van der Waals surface area contributed by atoms with Gasteiger partial charge in [0.15, 0.2) is 0 Å². The summed E-state index contributed by atoms with van der Waals surface area (Å²) in [4.78, 5) is 12.1. The lowest BCUT2D eigenvalue weighted by molar-refractivity contribution is 0.182. The highest BCUT2D eigenvalue weighted by atomic mass is 35.5. The van der Waals surface area contributed by atoms with Crippen LogP contribution in [0.2, 0.25) is 5.02 Å². The molecule has 2 aliphatic rings. The molecule has 0 saturated carbocycles. The highest BCUT2D eigenvalue weighted by Crippen LogP contribution is 2.29. The van der Waals surface area contributed by atoms with E-state index in [1.807, 2.05) is 0 Å². The smallest absolute Gasteiger partial charge is 0.287 e. The molecule has 0 spiro atoms. The second-order valence-electron chi connectivity index (χ2n) is 5.84. The summed E-state index contributed by atoms with van der Waals surface area (Å²) in [5.74, 6) is 0. The number of nitrogens with one attached hydrogen (secondary N) is 2. The average Bonchev–Trinajstić information content (AvgIpc) is 2.82. The Labute approximate surface area is 128 Å². The van der Waals surface area contributed by atoms with Gasteiger partial charge in [0.1, 0.15) is 5.02 Å². The molecule has 2 atom stereocenters. The van der Waals surface area contributed by atoms with Crippen LogP contribution in [0, 0.1) is 0 Å². The van der Waals surface area contributed by atoms with Crippen molar-refractivity contribution >= 4 is 17.3 Å². The molecule has 2 aliphatic heterocycles. The van der Waals surface area contributed by atoms with Gasteiger partial charge in [0.2, 0.25) is 0 Å². The quantitative estimate of drug-likeness (QED) is 0.856. The number of halogens is 1. The highest BCUT2D eigenvalue weighted by molar-refractivity contribution is 6.32. The molecule has 116 valence electrons. The van der Waals surface area contributed by atoms with Gasteiger partial charge in [-0.2, -0.15) is 5.10 Å². The van der Waals surface area contributed by atoms with Crippen molar-refractivity contribution < 1.29 is 4.74 Å². The Morgan fingerprint density at radius 3 is 2.86 bits per heavy atom. The number of methoxy groups -OCH3 is 1. The predicted molar refractivity (Wildman–Crippen MR) is 82.0 cm³/mol. The third kappa shape index (κ3) is 3.22. The van der Waals surface area contributed by atoms with Crippen LogP contribution in [0.1, 0.15) is 25.7 Å². The lowest BCUT2D eigenvalue weighted by Gasteiger charge is -2.30. The SMILES string of the molecule is COCCn1ncc(NC2CC3CCC(C2)N3)c(Cl)c1=O. The Balaban J connectivity index is 1.71. The minimum atomic E-state index is -0.268. The van der Waals surface area contributed by atoms with E-state index in [9.17, 15) is 4.79 Å². The van der Waals surface area contributed by atoms with Crippen LogP contribution in [0.15, 0.2) is 11.0 Å². The fraction of sp³-hybridized carbons (Fsp3) is 0.714. The highest BCUT2D eigenvalue weighted by Gasteiger charge is 2.33. The maximum atomic E-state index is 12.1. The Kier molecular flexibility index (Phi) is 4.47. The molecule has 0 radical (unpaired) electrons. The summed E-state index contributed by atoms with van der Waals surface area (Å²) in [6.45, 7) is 0.848. The Bertz CT molecular complexity index is 550. The topological polar surface area (TPSA) is 68.2 Å². The van der Waals surface area contributed by atoms with Crippen LogP contribution < -0.4 is 16.2 Å². The molecule has 7 heteroatoms. The van der Waals surface area contributed by atoms with E-state index in [1.54, 1.807) is 13.3 Å². The molecule has 3 rings (SSSR count). The lowest BCUT2D eigenvalue weighted by Crippen LogP contribution is -2.43. The molecule has 1 aromatic rings. The molecule has 21 heavy (non-hydrogen) atoms. The lowest BCUT2D eigenvalue weighted by atomic mass is 10.00. The number of anilines is 1. The number of aromatic nitrogens is 2. The zero-order valence-electron chi connectivity index (χ0n) is 12.1. The second kappa shape index (κ2) is 6.34. The molecular formula is C14H21ClN4O2. The van der Waals surface area contributed by atoms with E-state index < -0.39 is 0 Å². The van der Waals surface area contributed by atoms with E-state index in [-0.39, 0.29) is 10.6 Å². The Morgan fingerprint density at radius 1 is 1.48 bits per heavy atom. The Hall–Kier alpha value is -1.11. The standard InChI is InChI=1S/C14H21ClN4O2/c1-21-5-4-19-14(20)13(15)12(8-16-19)18-11-6-9-2-3-10(7-11)17-9/h8-11,17-18H,2-7H2,1H3. The molecule has 2 saturated heterocycles. The molecule has 2 N–H and O–H groups in total. The maximum Gasteiger partial charge on any atom is 0.287 e. The fourth-order valence-corrected chi connectivity index (χ4v) is 3.50. The number of hydrogen-bond donors (Lipinski definition) is 2. The summed E-state index contributed by atoms with van der Waals surface area (Å²) in [6, 6.07) is 1.54. The van der Waals surface area contributed by atoms with Crippen molar-refractivity contribution in [1.29, 1.82) is 0 Å². The van der Waals surface area contributed by atoms with Crippen LogP contribution >= 0.6 is 11.6 Å². The van der Waals surface area contributed by atoms with Crippen molar-refractivity contribution in [1.82, 2.24) is 15.1 Å². The zero-order chi connectivity index (χ0) is 14.8. The van der Waals surface area contributed by atoms with Gasteiger partial charge in [0, 0.05) is 25.2 Å². The summed E-state index contributed by atoms with van der Waals surface area (Å²) in [6.07, 6.45) is 6.27. The van der Waals surface area contributed by atoms with Crippen LogP contribution in [-0.4, -0.2) is 41.6 Å². The van der Waals surface area contributed by atoms with Gasteiger partial charge in [0.05, 0.1) is 25.0 Å². The van der Waals surface area contributed by atoms with Gasteiger partial charge in [-0.3, -0.25) is 4.79 Å². The van der Waals surface area contributed by atoms with E-state index in [4.69, 9.17) is 16.3 Å². The molecule has 0 aliphatic carbocycles. The van der Waals surface area contributed by atoms with Crippen LogP contribution in [0.4, 0.5) is 5.69 Å². The fourth-order valence-electron chi connectivity index (χ4n) is 3.30. The molecule has 1 aromatic heterocycles. The van der Waals surface area contributed by atoms with Crippen molar-refractivity contribution in [3.05, 3.63) is 21.6 Å². The summed E-state index contributed by atoms with van der Waals surface area (Å²) in [7, 11) is 1.59. The minimum Gasteiger partial charge on any atom is -0.383 e. The molecule has 6 nitrogen and oxygen atoms in total. The number of ether oxygens (including phenoxy) is 1. The van der Waals surface area contributed by atoms with Gasteiger partial charge in [-0.25, -0.2) is 4.68 Å². The largest absolute Gasteiger partial charge is 0.383 e. The van der Waals surface area contributed by atoms with Gasteiger partial charge < -0.3 is 15.4 Å². The number of hydrogen-bond acceptors (Lipinski definition) is 5. The van der Waals surface area contributed by atoms with Gasteiger partial charge in [-0.15, -0.1) is 0 Å². The van der Waals surface area contributed by atoms with Crippen LogP contribution in [-0.2, 0) is 11.3 Å². The number of piperidine rings is 1.